The Morgan fingerprint density at radius 2 is 1.61 bits per heavy atom. The topological polar surface area (TPSA) is 57.7 Å². The van der Waals surface area contributed by atoms with Gasteiger partial charge in [0.1, 0.15) is 6.54 Å². The molecule has 0 spiro atoms. The van der Waals surface area contributed by atoms with Crippen molar-refractivity contribution < 1.29 is 13.2 Å². The van der Waals surface area contributed by atoms with Crippen molar-refractivity contribution in [2.45, 2.75) is 31.2 Å². The van der Waals surface area contributed by atoms with E-state index in [-0.39, 0.29) is 17.3 Å². The summed E-state index contributed by atoms with van der Waals surface area (Å²) >= 11 is 0. The summed E-state index contributed by atoms with van der Waals surface area (Å²) in [6.45, 7) is 4.39. The highest BCUT2D eigenvalue weighted by molar-refractivity contribution is 7.93. The van der Waals surface area contributed by atoms with E-state index in [1.807, 2.05) is 60.7 Å². The van der Waals surface area contributed by atoms with Crippen molar-refractivity contribution in [1.29, 1.82) is 0 Å². The SMILES string of the molecule is CC(C)c1ccc2c(c1)-c1ccccc1S(=O)(=O)N2CC(=O)N(C)Cc1ccccc1. The molecule has 0 N–H and O–H groups in total. The average molecular weight is 435 g/mol. The maximum atomic E-state index is 13.5. The van der Waals surface area contributed by atoms with E-state index < -0.39 is 10.0 Å². The number of hydrogen-bond acceptors (Lipinski definition) is 3. The van der Waals surface area contributed by atoms with Crippen molar-refractivity contribution in [3.63, 3.8) is 0 Å². The van der Waals surface area contributed by atoms with Gasteiger partial charge in [0.2, 0.25) is 5.91 Å². The van der Waals surface area contributed by atoms with Crippen LogP contribution in [0.5, 0.6) is 0 Å². The third-order valence-corrected chi connectivity index (χ3v) is 7.49. The van der Waals surface area contributed by atoms with Crippen LogP contribution in [-0.2, 0) is 21.4 Å². The summed E-state index contributed by atoms with van der Waals surface area (Å²) in [6, 6.07) is 22.5. The van der Waals surface area contributed by atoms with Crippen molar-refractivity contribution in [2.24, 2.45) is 0 Å². The molecule has 0 saturated heterocycles. The number of benzene rings is 3. The van der Waals surface area contributed by atoms with Crippen molar-refractivity contribution >= 4 is 21.6 Å². The van der Waals surface area contributed by atoms with Gasteiger partial charge in [0, 0.05) is 24.7 Å². The van der Waals surface area contributed by atoms with Gasteiger partial charge < -0.3 is 4.90 Å². The molecule has 0 aromatic heterocycles. The Morgan fingerprint density at radius 1 is 0.935 bits per heavy atom. The van der Waals surface area contributed by atoms with E-state index in [4.69, 9.17) is 0 Å². The molecule has 3 aromatic rings. The van der Waals surface area contributed by atoms with Crippen LogP contribution in [0.1, 0.15) is 30.9 Å². The van der Waals surface area contributed by atoms with E-state index in [0.717, 1.165) is 16.7 Å². The molecule has 0 saturated carbocycles. The number of carbonyl (C=O) groups is 1. The second-order valence-corrected chi connectivity index (χ2v) is 10.0. The first kappa shape index (κ1) is 21.1. The molecule has 0 fully saturated rings. The molecule has 1 amide bonds. The maximum absolute atomic E-state index is 13.5. The molecular weight excluding hydrogens is 408 g/mol. The average Bonchev–Trinajstić information content (AvgIpc) is 2.77. The van der Waals surface area contributed by atoms with Crippen LogP contribution in [0.2, 0.25) is 0 Å². The molecule has 160 valence electrons. The number of rotatable bonds is 5. The fraction of sp³-hybridized carbons (Fsp3) is 0.240. The van der Waals surface area contributed by atoms with Crippen molar-refractivity contribution in [3.05, 3.63) is 83.9 Å². The lowest BCUT2D eigenvalue weighted by Gasteiger charge is -2.33. The predicted molar refractivity (Wildman–Crippen MR) is 123 cm³/mol. The quantitative estimate of drug-likeness (QED) is 0.588. The van der Waals surface area contributed by atoms with Gasteiger partial charge in [-0.15, -0.1) is 0 Å². The second kappa shape index (κ2) is 8.19. The summed E-state index contributed by atoms with van der Waals surface area (Å²) in [6.07, 6.45) is 0. The summed E-state index contributed by atoms with van der Waals surface area (Å²) in [5.74, 6) is 0.0498. The molecule has 4 rings (SSSR count). The fourth-order valence-corrected chi connectivity index (χ4v) is 5.51. The highest BCUT2D eigenvalue weighted by Crippen LogP contribution is 2.43. The Bertz CT molecular complexity index is 1220. The van der Waals surface area contributed by atoms with Crippen LogP contribution >= 0.6 is 0 Å². The monoisotopic (exact) mass is 434 g/mol. The van der Waals surface area contributed by atoms with Gasteiger partial charge >= 0.3 is 0 Å². The summed E-state index contributed by atoms with van der Waals surface area (Å²) in [7, 11) is -2.15. The van der Waals surface area contributed by atoms with Gasteiger partial charge in [-0.3, -0.25) is 9.10 Å². The molecule has 5 nitrogen and oxygen atoms in total. The number of sulfonamides is 1. The molecule has 0 bridgehead atoms. The number of likely N-dealkylation sites (N-methyl/N-ethyl adjacent to an activating group) is 1. The Kier molecular flexibility index (Phi) is 5.58. The summed E-state index contributed by atoms with van der Waals surface area (Å²) in [5.41, 5.74) is 4.19. The molecule has 0 atom stereocenters. The molecular formula is C25H26N2O3S. The zero-order chi connectivity index (χ0) is 22.2. The van der Waals surface area contributed by atoms with E-state index in [9.17, 15) is 13.2 Å². The molecule has 3 aromatic carbocycles. The van der Waals surface area contributed by atoms with Gasteiger partial charge in [-0.05, 0) is 35.2 Å². The van der Waals surface area contributed by atoms with E-state index in [1.54, 1.807) is 24.1 Å². The van der Waals surface area contributed by atoms with Crippen LogP contribution in [0.4, 0.5) is 5.69 Å². The Balaban J connectivity index is 1.72. The van der Waals surface area contributed by atoms with Gasteiger partial charge in [0.15, 0.2) is 0 Å². The Labute approximate surface area is 184 Å². The molecule has 0 unspecified atom stereocenters. The first-order valence-corrected chi connectivity index (χ1v) is 11.8. The minimum absolute atomic E-state index is 0.238. The normalized spacial score (nSPS) is 14.1. The van der Waals surface area contributed by atoms with Crippen LogP contribution in [0.15, 0.2) is 77.7 Å². The van der Waals surface area contributed by atoms with Crippen LogP contribution in [0.3, 0.4) is 0 Å². The van der Waals surface area contributed by atoms with Gasteiger partial charge in [-0.2, -0.15) is 0 Å². The molecule has 1 aliphatic heterocycles. The van der Waals surface area contributed by atoms with Crippen molar-refractivity contribution in [3.8, 4) is 11.1 Å². The highest BCUT2D eigenvalue weighted by atomic mass is 32.2. The van der Waals surface area contributed by atoms with E-state index >= 15 is 0 Å². The molecule has 0 aliphatic carbocycles. The third kappa shape index (κ3) is 3.95. The standard InChI is InChI=1S/C25H26N2O3S/c1-18(2)20-13-14-23-22(15-20)21-11-7-8-12-24(21)31(29,30)27(23)17-25(28)26(3)16-19-9-5-4-6-10-19/h4-15,18H,16-17H2,1-3H3. The smallest absolute Gasteiger partial charge is 0.265 e. The zero-order valence-corrected chi connectivity index (χ0v) is 18.8. The lowest BCUT2D eigenvalue weighted by Crippen LogP contribution is -2.43. The van der Waals surface area contributed by atoms with Gasteiger partial charge in [-0.25, -0.2) is 8.42 Å². The lowest BCUT2D eigenvalue weighted by atomic mass is 9.95. The molecule has 1 aliphatic rings. The second-order valence-electron chi connectivity index (χ2n) is 8.17. The van der Waals surface area contributed by atoms with Crippen LogP contribution < -0.4 is 4.31 Å². The molecule has 1 heterocycles. The van der Waals surface area contributed by atoms with Crippen LogP contribution in [0.25, 0.3) is 11.1 Å². The van der Waals surface area contributed by atoms with E-state index in [0.29, 0.717) is 23.7 Å². The molecule has 0 radical (unpaired) electrons. The number of carbonyl (C=O) groups excluding carboxylic acids is 1. The summed E-state index contributed by atoms with van der Waals surface area (Å²) < 4.78 is 28.2. The van der Waals surface area contributed by atoms with Gasteiger partial charge in [-0.1, -0.05) is 68.4 Å². The van der Waals surface area contributed by atoms with E-state index in [2.05, 4.69) is 13.8 Å². The number of anilines is 1. The number of nitrogens with zero attached hydrogens (tertiary/aromatic N) is 2. The summed E-state index contributed by atoms with van der Waals surface area (Å²) in [5, 5.41) is 0. The number of fused-ring (bicyclic) bond motifs is 3. The van der Waals surface area contributed by atoms with Crippen molar-refractivity contribution in [1.82, 2.24) is 4.90 Å². The van der Waals surface area contributed by atoms with Gasteiger partial charge in [0.25, 0.3) is 10.0 Å². The lowest BCUT2D eigenvalue weighted by molar-refractivity contribution is -0.128. The fourth-order valence-electron chi connectivity index (χ4n) is 3.87. The first-order chi connectivity index (χ1) is 14.8. The van der Waals surface area contributed by atoms with Crippen LogP contribution in [0, 0.1) is 0 Å². The minimum Gasteiger partial charge on any atom is -0.340 e. The summed E-state index contributed by atoms with van der Waals surface area (Å²) in [4.78, 5) is 14.8. The minimum atomic E-state index is -3.84. The maximum Gasteiger partial charge on any atom is 0.265 e. The Morgan fingerprint density at radius 3 is 2.32 bits per heavy atom. The third-order valence-electron chi connectivity index (χ3n) is 5.67. The molecule has 6 heteroatoms. The van der Waals surface area contributed by atoms with Crippen molar-refractivity contribution in [2.75, 3.05) is 17.9 Å². The zero-order valence-electron chi connectivity index (χ0n) is 17.9. The van der Waals surface area contributed by atoms with Crippen LogP contribution in [-0.4, -0.2) is 32.8 Å². The number of hydrogen-bond donors (Lipinski definition) is 0. The van der Waals surface area contributed by atoms with Gasteiger partial charge in [0.05, 0.1) is 10.6 Å². The highest BCUT2D eigenvalue weighted by Gasteiger charge is 2.36. The predicted octanol–water partition coefficient (Wildman–Crippen LogP) is 4.64. The number of amides is 1. The van der Waals surface area contributed by atoms with E-state index in [1.165, 1.54) is 4.31 Å². The first-order valence-electron chi connectivity index (χ1n) is 10.3. The molecule has 31 heavy (non-hydrogen) atoms. The Hall–Kier alpha value is -3.12. The largest absolute Gasteiger partial charge is 0.340 e.